The molecule has 0 saturated carbocycles. The van der Waals surface area contributed by atoms with Crippen LogP contribution in [0.3, 0.4) is 0 Å². The third kappa shape index (κ3) is 3.61. The van der Waals surface area contributed by atoms with Gasteiger partial charge in [-0.15, -0.1) is 11.3 Å². The number of carbonyl (C=O) groups is 1. The van der Waals surface area contributed by atoms with Crippen LogP contribution in [0.2, 0.25) is 0 Å². The molecule has 0 aliphatic heterocycles. The van der Waals surface area contributed by atoms with E-state index in [0.717, 1.165) is 13.0 Å². The molecule has 0 aliphatic carbocycles. The number of nitrogens with zero attached hydrogens (tertiary/aromatic N) is 1. The molecule has 3 nitrogen and oxygen atoms in total. The molecule has 0 spiro atoms. The molecule has 1 unspecified atom stereocenters. The molecular formula is C12H19NO2S. The first-order valence-electron chi connectivity index (χ1n) is 5.68. The van der Waals surface area contributed by atoms with Gasteiger partial charge in [0.15, 0.2) is 0 Å². The Kier molecular flexibility index (Phi) is 5.49. The minimum absolute atomic E-state index is 0.218. The van der Waals surface area contributed by atoms with Gasteiger partial charge in [0, 0.05) is 17.5 Å². The summed E-state index contributed by atoms with van der Waals surface area (Å²) in [6.07, 6.45) is 1.24. The van der Waals surface area contributed by atoms with Gasteiger partial charge in [-0.25, -0.2) is 0 Å². The summed E-state index contributed by atoms with van der Waals surface area (Å²) < 4.78 is 0. The van der Waals surface area contributed by atoms with Crippen LogP contribution < -0.4 is 0 Å². The third-order valence-corrected chi connectivity index (χ3v) is 3.69. The molecule has 0 aliphatic rings. The van der Waals surface area contributed by atoms with Gasteiger partial charge in [-0.3, -0.25) is 9.69 Å². The summed E-state index contributed by atoms with van der Waals surface area (Å²) in [5.41, 5.74) is 0. The highest BCUT2D eigenvalue weighted by atomic mass is 32.1. The summed E-state index contributed by atoms with van der Waals surface area (Å²) in [5, 5.41) is 10.8. The maximum Gasteiger partial charge on any atom is 0.304 e. The topological polar surface area (TPSA) is 40.5 Å². The second-order valence-electron chi connectivity index (χ2n) is 3.71. The van der Waals surface area contributed by atoms with Crippen LogP contribution >= 0.6 is 11.3 Å². The van der Waals surface area contributed by atoms with Crippen LogP contribution in [-0.4, -0.2) is 29.1 Å². The first kappa shape index (κ1) is 13.2. The van der Waals surface area contributed by atoms with Crippen molar-refractivity contribution in [2.45, 2.75) is 32.7 Å². The molecule has 90 valence electrons. The monoisotopic (exact) mass is 241 g/mol. The van der Waals surface area contributed by atoms with Gasteiger partial charge in [-0.1, -0.05) is 19.9 Å². The van der Waals surface area contributed by atoms with Crippen LogP contribution in [0.25, 0.3) is 0 Å². The Morgan fingerprint density at radius 1 is 1.56 bits per heavy atom. The van der Waals surface area contributed by atoms with Gasteiger partial charge in [-0.2, -0.15) is 0 Å². The van der Waals surface area contributed by atoms with Gasteiger partial charge in [0.25, 0.3) is 0 Å². The number of carboxylic acid groups (broad SMARTS) is 1. The quantitative estimate of drug-likeness (QED) is 0.797. The summed E-state index contributed by atoms with van der Waals surface area (Å²) in [4.78, 5) is 14.2. The fraction of sp³-hybridized carbons (Fsp3) is 0.583. The summed E-state index contributed by atoms with van der Waals surface area (Å²) >= 11 is 1.74. The summed E-state index contributed by atoms with van der Waals surface area (Å²) in [6, 6.07) is 4.54. The Hall–Kier alpha value is -0.870. The Balaban J connectivity index is 2.65. The van der Waals surface area contributed by atoms with E-state index in [1.54, 1.807) is 11.3 Å². The Morgan fingerprint density at radius 2 is 2.31 bits per heavy atom. The van der Waals surface area contributed by atoms with Gasteiger partial charge in [0.05, 0.1) is 6.42 Å². The van der Waals surface area contributed by atoms with E-state index in [-0.39, 0.29) is 6.42 Å². The Morgan fingerprint density at radius 3 is 2.75 bits per heavy atom. The average Bonchev–Trinajstić information content (AvgIpc) is 2.77. The molecule has 0 aromatic carbocycles. The fourth-order valence-electron chi connectivity index (χ4n) is 1.89. The number of rotatable bonds is 7. The van der Waals surface area contributed by atoms with E-state index in [1.807, 2.05) is 6.07 Å². The number of carboxylic acids is 1. The lowest BCUT2D eigenvalue weighted by atomic mass is 10.1. The molecule has 0 bridgehead atoms. The molecule has 1 atom stereocenters. The third-order valence-electron chi connectivity index (χ3n) is 2.72. The molecule has 1 rings (SSSR count). The van der Waals surface area contributed by atoms with Crippen LogP contribution in [0, 0.1) is 0 Å². The molecule has 1 heterocycles. The van der Waals surface area contributed by atoms with Crippen molar-refractivity contribution in [1.29, 1.82) is 0 Å². The van der Waals surface area contributed by atoms with Crippen molar-refractivity contribution >= 4 is 17.3 Å². The molecule has 0 radical (unpaired) electrons. The summed E-state index contributed by atoms with van der Waals surface area (Å²) in [7, 11) is 0. The lowest BCUT2D eigenvalue weighted by molar-refractivity contribution is -0.137. The second kappa shape index (κ2) is 6.66. The van der Waals surface area contributed by atoms with Gasteiger partial charge in [0.1, 0.15) is 0 Å². The summed E-state index contributed by atoms with van der Waals surface area (Å²) in [5.74, 6) is -0.723. The largest absolute Gasteiger partial charge is 0.481 e. The van der Waals surface area contributed by atoms with Gasteiger partial charge in [0.2, 0.25) is 0 Å². The van der Waals surface area contributed by atoms with Crippen molar-refractivity contribution in [3.05, 3.63) is 22.4 Å². The van der Waals surface area contributed by atoms with Crippen molar-refractivity contribution in [2.24, 2.45) is 0 Å². The van der Waals surface area contributed by atoms with E-state index in [0.29, 0.717) is 12.6 Å². The normalized spacial score (nSPS) is 12.9. The highest BCUT2D eigenvalue weighted by molar-refractivity contribution is 7.10. The van der Waals surface area contributed by atoms with Crippen LogP contribution in [0.5, 0.6) is 0 Å². The minimum Gasteiger partial charge on any atom is -0.481 e. The molecular weight excluding hydrogens is 222 g/mol. The predicted molar refractivity (Wildman–Crippen MR) is 66.9 cm³/mol. The second-order valence-corrected chi connectivity index (χ2v) is 4.69. The first-order chi connectivity index (χ1) is 7.69. The number of thiophene rings is 1. The maximum atomic E-state index is 10.6. The van der Waals surface area contributed by atoms with Gasteiger partial charge in [-0.05, 0) is 24.4 Å². The lowest BCUT2D eigenvalue weighted by Gasteiger charge is -2.28. The minimum atomic E-state index is -0.723. The van der Waals surface area contributed by atoms with Crippen molar-refractivity contribution in [1.82, 2.24) is 4.90 Å². The number of aliphatic carboxylic acids is 1. The zero-order valence-corrected chi connectivity index (χ0v) is 10.7. The number of hydrogen-bond donors (Lipinski definition) is 1. The van der Waals surface area contributed by atoms with Crippen molar-refractivity contribution in [3.8, 4) is 0 Å². The Labute approximate surface area is 101 Å². The maximum absolute atomic E-state index is 10.6. The molecule has 0 amide bonds. The van der Waals surface area contributed by atoms with Crippen molar-refractivity contribution in [2.75, 3.05) is 13.1 Å². The van der Waals surface area contributed by atoms with Crippen LogP contribution in [0.4, 0.5) is 0 Å². The predicted octanol–water partition coefficient (Wildman–Crippen LogP) is 3.00. The van der Waals surface area contributed by atoms with Crippen molar-refractivity contribution in [3.63, 3.8) is 0 Å². The molecule has 0 fully saturated rings. The van der Waals surface area contributed by atoms with Crippen molar-refractivity contribution < 1.29 is 9.90 Å². The molecule has 1 aromatic heterocycles. The van der Waals surface area contributed by atoms with E-state index in [1.165, 1.54) is 4.88 Å². The first-order valence-corrected chi connectivity index (χ1v) is 6.56. The highest BCUT2D eigenvalue weighted by Gasteiger charge is 2.18. The molecule has 0 saturated heterocycles. The van der Waals surface area contributed by atoms with Crippen LogP contribution in [0.1, 0.15) is 37.6 Å². The number of hydrogen-bond acceptors (Lipinski definition) is 3. The van der Waals surface area contributed by atoms with Crippen LogP contribution in [0.15, 0.2) is 17.5 Å². The highest BCUT2D eigenvalue weighted by Crippen LogP contribution is 2.27. The molecule has 4 heteroatoms. The molecule has 1 N–H and O–H groups in total. The van der Waals surface area contributed by atoms with Gasteiger partial charge < -0.3 is 5.11 Å². The SMILES string of the molecule is CCC(c1cccs1)N(CC)CCC(=O)O. The van der Waals surface area contributed by atoms with E-state index in [4.69, 9.17) is 5.11 Å². The lowest BCUT2D eigenvalue weighted by Crippen LogP contribution is -2.30. The Bertz CT molecular complexity index is 311. The smallest absolute Gasteiger partial charge is 0.304 e. The average molecular weight is 241 g/mol. The van der Waals surface area contributed by atoms with E-state index in [2.05, 4.69) is 30.2 Å². The molecule has 1 aromatic rings. The zero-order valence-electron chi connectivity index (χ0n) is 9.85. The zero-order chi connectivity index (χ0) is 12.0. The standard InChI is InChI=1S/C12H19NO2S/c1-3-10(11-6-5-9-16-11)13(4-2)8-7-12(14)15/h5-6,9-10H,3-4,7-8H2,1-2H3,(H,14,15). The van der Waals surface area contributed by atoms with Crippen LogP contribution in [-0.2, 0) is 4.79 Å². The van der Waals surface area contributed by atoms with E-state index >= 15 is 0 Å². The van der Waals surface area contributed by atoms with E-state index in [9.17, 15) is 4.79 Å². The molecule has 16 heavy (non-hydrogen) atoms. The van der Waals surface area contributed by atoms with E-state index < -0.39 is 5.97 Å². The fourth-order valence-corrected chi connectivity index (χ4v) is 2.84. The van der Waals surface area contributed by atoms with Gasteiger partial charge >= 0.3 is 5.97 Å². The summed E-state index contributed by atoms with van der Waals surface area (Å²) in [6.45, 7) is 5.75.